The van der Waals surface area contributed by atoms with Gasteiger partial charge in [0.1, 0.15) is 12.2 Å². The van der Waals surface area contributed by atoms with Crippen LogP contribution in [0.1, 0.15) is 96.6 Å². The van der Waals surface area contributed by atoms with E-state index >= 15 is 0 Å². The molecule has 2 saturated carbocycles. The number of hydrogen-bond donors (Lipinski definition) is 7. The Hall–Kier alpha value is -5.69. The SMILES string of the molecule is CCC(=O)N[C@@H]1C[C@@H](O)[C@H](n2cnc3c(NC4CCN(C(=O)N5CCC(Nc6nc(N7CC[C@@H](N(C)C)C7)nc7c6ncn7[C@@H]6C[C@H](NC(=O)CC)[C@@H](O)[C@H]6O)CC5)CC4)nc(N4CC[C@@H](N(C)C)C4)nc32)C1. The molecule has 0 spiro atoms. The number of likely N-dealkylation sites (N-methyl/N-ethyl adjacent to an activating group) is 2. The van der Waals surface area contributed by atoms with Crippen LogP contribution in [0.2, 0.25) is 0 Å². The Morgan fingerprint density at radius 3 is 1.53 bits per heavy atom. The number of rotatable bonds is 14. The number of fused-ring (bicyclic) bond motifs is 2. The van der Waals surface area contributed by atoms with Crippen LogP contribution < -0.4 is 31.1 Å². The number of likely N-dealkylation sites (tertiary alicyclic amines) is 2. The number of aliphatic hydroxyl groups is 3. The largest absolute Gasteiger partial charge is 0.391 e. The molecule has 4 aromatic rings. The summed E-state index contributed by atoms with van der Waals surface area (Å²) in [5, 5.41) is 46.8. The molecule has 10 rings (SSSR count). The molecule has 0 bridgehead atoms. The number of nitrogens with zero attached hydrogens (tertiary/aromatic N) is 14. The molecule has 4 amide bonds. The summed E-state index contributed by atoms with van der Waals surface area (Å²) in [7, 11) is 8.35. The van der Waals surface area contributed by atoms with Gasteiger partial charge in [-0.05, 0) is 86.0 Å². The Bertz CT molecular complexity index is 2610. The first-order chi connectivity index (χ1) is 35.2. The lowest BCUT2D eigenvalue weighted by atomic mass is 10.0. The first kappa shape index (κ1) is 50.8. The quantitative estimate of drug-likeness (QED) is 0.0928. The van der Waals surface area contributed by atoms with Crippen molar-refractivity contribution in [3.05, 3.63) is 12.7 Å². The van der Waals surface area contributed by atoms with Gasteiger partial charge in [-0.15, -0.1) is 0 Å². The summed E-state index contributed by atoms with van der Waals surface area (Å²) < 4.78 is 3.78. The predicted molar refractivity (Wildman–Crippen MR) is 275 cm³/mol. The lowest BCUT2D eigenvalue weighted by Crippen LogP contribution is -2.51. The Morgan fingerprint density at radius 2 is 1.07 bits per heavy atom. The molecule has 2 aliphatic carbocycles. The summed E-state index contributed by atoms with van der Waals surface area (Å²) in [6.45, 7) is 9.09. The van der Waals surface area contributed by atoms with Crippen molar-refractivity contribution in [2.75, 3.05) is 101 Å². The Morgan fingerprint density at radius 1 is 0.589 bits per heavy atom. The summed E-state index contributed by atoms with van der Waals surface area (Å²) in [5.41, 5.74) is 2.40. The Kier molecular flexibility index (Phi) is 14.8. The second-order valence-electron chi connectivity index (χ2n) is 21.7. The fraction of sp³-hybridized carbons (Fsp3) is 0.735. The molecule has 8 heterocycles. The van der Waals surface area contributed by atoms with Gasteiger partial charge in [0.05, 0.1) is 36.9 Å². The molecule has 0 unspecified atom stereocenters. The zero-order chi connectivity index (χ0) is 51.2. The van der Waals surface area contributed by atoms with Crippen molar-refractivity contribution < 1.29 is 29.7 Å². The van der Waals surface area contributed by atoms with E-state index in [0.29, 0.717) is 123 Å². The smallest absolute Gasteiger partial charge is 0.320 e. The second kappa shape index (κ2) is 21.3. The fourth-order valence-electron chi connectivity index (χ4n) is 12.0. The van der Waals surface area contributed by atoms with Crippen molar-refractivity contribution in [2.24, 2.45) is 0 Å². The van der Waals surface area contributed by atoms with Crippen LogP contribution in [-0.2, 0) is 9.59 Å². The van der Waals surface area contributed by atoms with Crippen LogP contribution in [0.3, 0.4) is 0 Å². The number of aliphatic hydroxyl groups excluding tert-OH is 3. The topological polar surface area (TPSA) is 267 Å². The maximum absolute atomic E-state index is 14.1. The molecule has 73 heavy (non-hydrogen) atoms. The highest BCUT2D eigenvalue weighted by molar-refractivity contribution is 5.86. The number of carbonyl (C=O) groups excluding carboxylic acids is 3. The van der Waals surface area contributed by atoms with E-state index in [1.165, 1.54) is 0 Å². The van der Waals surface area contributed by atoms with E-state index in [0.717, 1.165) is 51.9 Å². The number of urea groups is 1. The minimum atomic E-state index is -1.14. The lowest BCUT2D eigenvalue weighted by molar-refractivity contribution is -0.122. The summed E-state index contributed by atoms with van der Waals surface area (Å²) in [6, 6.07) is -0.769. The van der Waals surface area contributed by atoms with Gasteiger partial charge in [-0.1, -0.05) is 13.8 Å². The molecule has 4 saturated heterocycles. The van der Waals surface area contributed by atoms with E-state index in [1.807, 2.05) is 25.9 Å². The highest BCUT2D eigenvalue weighted by Gasteiger charge is 2.44. The molecule has 24 heteroatoms. The van der Waals surface area contributed by atoms with Crippen molar-refractivity contribution in [3.63, 3.8) is 0 Å². The molecule has 4 aromatic heterocycles. The summed E-state index contributed by atoms with van der Waals surface area (Å²) >= 11 is 0. The first-order valence-electron chi connectivity index (χ1n) is 26.7. The van der Waals surface area contributed by atoms with E-state index in [-0.39, 0.29) is 48.4 Å². The van der Waals surface area contributed by atoms with Crippen LogP contribution in [0.25, 0.3) is 22.3 Å². The van der Waals surface area contributed by atoms with Gasteiger partial charge in [-0.25, -0.2) is 14.8 Å². The van der Waals surface area contributed by atoms with Crippen molar-refractivity contribution in [3.8, 4) is 0 Å². The van der Waals surface area contributed by atoms with Crippen LogP contribution in [0.4, 0.5) is 28.3 Å². The van der Waals surface area contributed by atoms with Crippen LogP contribution in [-0.4, -0.2) is 227 Å². The van der Waals surface area contributed by atoms with Crippen molar-refractivity contribution in [1.82, 2.24) is 69.3 Å². The van der Waals surface area contributed by atoms with Crippen molar-refractivity contribution in [1.29, 1.82) is 0 Å². The summed E-state index contributed by atoms with van der Waals surface area (Å²) in [6.07, 6.45) is 7.32. The average Bonchev–Trinajstić information content (AvgIpc) is 4.27. The Labute approximate surface area is 426 Å². The minimum Gasteiger partial charge on any atom is -0.391 e. The number of hydrogen-bond acceptors (Lipinski definition) is 18. The van der Waals surface area contributed by atoms with Gasteiger partial charge in [-0.3, -0.25) is 9.59 Å². The highest BCUT2D eigenvalue weighted by atomic mass is 16.3. The van der Waals surface area contributed by atoms with Gasteiger partial charge in [0.25, 0.3) is 0 Å². The third kappa shape index (κ3) is 10.4. The molecule has 4 aliphatic heterocycles. The Balaban J connectivity index is 0.793. The first-order valence-corrected chi connectivity index (χ1v) is 26.7. The molecular formula is C49H76N18O6. The zero-order valence-electron chi connectivity index (χ0n) is 43.3. The summed E-state index contributed by atoms with van der Waals surface area (Å²) in [4.78, 5) is 81.3. The van der Waals surface area contributed by atoms with Crippen LogP contribution in [0, 0.1) is 0 Å². The molecule has 398 valence electrons. The van der Waals surface area contributed by atoms with Crippen LogP contribution in [0.15, 0.2) is 12.7 Å². The van der Waals surface area contributed by atoms with Crippen molar-refractivity contribution >= 4 is 63.7 Å². The van der Waals surface area contributed by atoms with E-state index in [1.54, 1.807) is 19.6 Å². The number of nitrogens with one attached hydrogen (secondary N) is 4. The summed E-state index contributed by atoms with van der Waals surface area (Å²) in [5.74, 6) is 2.21. The van der Waals surface area contributed by atoms with Crippen LogP contribution >= 0.6 is 0 Å². The normalized spacial score (nSPS) is 28.4. The van der Waals surface area contributed by atoms with E-state index in [4.69, 9.17) is 29.9 Å². The van der Waals surface area contributed by atoms with Gasteiger partial charge in [0.15, 0.2) is 34.0 Å². The maximum atomic E-state index is 14.1. The standard InChI is InChI=1S/C49H76N18O6/c1-7-37(69)52-30-21-34(36(68)22-30)66-26-50-39-43(56-47(58-45(39)66)64-19-13-31(24-64)60(3)4)53-28-9-15-62(16-10-28)49(73)63-17-11-29(12-18-63)54-44-40-46(59-48(57-44)65-20-14-32(25-65)61(5)6)67(27-51-40)35-23-33(41(71)42(35)72)55-38(70)8-2/h26-36,41-42,68,71-72H,7-25H2,1-6H3,(H,52,69)(H,55,70)(H,53,56,58)(H,54,57,59)/t30-,31+,32+,33-,34+,35+,36+,41+,42-/m0/s1. The number of aromatic nitrogens is 8. The minimum absolute atomic E-state index is 0.0170. The van der Waals surface area contributed by atoms with Gasteiger partial charge >= 0.3 is 6.03 Å². The van der Waals surface area contributed by atoms with Gasteiger partial charge in [-0.2, -0.15) is 19.9 Å². The molecule has 0 aromatic carbocycles. The number of carbonyl (C=O) groups is 3. The number of imidazole rings is 2. The molecule has 6 aliphatic rings. The maximum Gasteiger partial charge on any atom is 0.320 e. The molecule has 9 atom stereocenters. The fourth-order valence-corrected chi connectivity index (χ4v) is 12.0. The number of piperidine rings is 2. The monoisotopic (exact) mass is 1010 g/mol. The second-order valence-corrected chi connectivity index (χ2v) is 21.7. The number of anilines is 4. The molecular weight excluding hydrogens is 937 g/mol. The average molecular weight is 1010 g/mol. The van der Waals surface area contributed by atoms with E-state index in [9.17, 15) is 29.7 Å². The van der Waals surface area contributed by atoms with Gasteiger partial charge in [0.2, 0.25) is 23.7 Å². The van der Waals surface area contributed by atoms with Crippen molar-refractivity contribution in [2.45, 2.75) is 151 Å². The third-order valence-electron chi connectivity index (χ3n) is 16.6. The highest BCUT2D eigenvalue weighted by Crippen LogP contribution is 2.38. The zero-order valence-corrected chi connectivity index (χ0v) is 43.3. The molecule has 6 fully saturated rings. The van der Waals surface area contributed by atoms with Gasteiger partial charge in [0, 0.05) is 95.4 Å². The van der Waals surface area contributed by atoms with E-state index < -0.39 is 30.4 Å². The lowest BCUT2D eigenvalue weighted by Gasteiger charge is -2.39. The molecule has 24 nitrogen and oxygen atoms in total. The number of amides is 4. The molecule has 0 radical (unpaired) electrons. The molecule has 7 N–H and O–H groups in total. The third-order valence-corrected chi connectivity index (χ3v) is 16.6. The predicted octanol–water partition coefficient (Wildman–Crippen LogP) is 0.971. The van der Waals surface area contributed by atoms with Crippen LogP contribution in [0.5, 0.6) is 0 Å². The van der Waals surface area contributed by atoms with Gasteiger partial charge < -0.3 is 75.1 Å². The van der Waals surface area contributed by atoms with E-state index in [2.05, 4.69) is 69.1 Å².